The van der Waals surface area contributed by atoms with Crippen LogP contribution in [-0.2, 0) is 4.79 Å². The molecule has 1 atom stereocenters. The van der Waals surface area contributed by atoms with Gasteiger partial charge in [0.05, 0.1) is 5.75 Å². The molecule has 6 nitrogen and oxygen atoms in total. The Morgan fingerprint density at radius 3 is 2.74 bits per heavy atom. The molecule has 1 aromatic heterocycles. The summed E-state index contributed by atoms with van der Waals surface area (Å²) >= 11 is 1.23. The van der Waals surface area contributed by atoms with E-state index in [4.69, 9.17) is 5.11 Å². The van der Waals surface area contributed by atoms with Crippen LogP contribution in [0, 0.1) is 6.92 Å². The molecule has 1 fully saturated rings. The van der Waals surface area contributed by atoms with Crippen LogP contribution in [0.1, 0.15) is 31.6 Å². The lowest BCUT2D eigenvalue weighted by molar-refractivity contribution is -0.133. The van der Waals surface area contributed by atoms with Gasteiger partial charge in [0.25, 0.3) is 0 Å². The molecule has 1 aromatic rings. The van der Waals surface area contributed by atoms with Gasteiger partial charge in [-0.25, -0.2) is 0 Å². The quantitative estimate of drug-likeness (QED) is 0.797. The van der Waals surface area contributed by atoms with Crippen LogP contribution in [0.2, 0.25) is 0 Å². The maximum Gasteiger partial charge on any atom is 0.313 e. The van der Waals surface area contributed by atoms with Gasteiger partial charge in [-0.05, 0) is 39.8 Å². The summed E-state index contributed by atoms with van der Waals surface area (Å²) in [6, 6.07) is 0.268. The molecule has 0 spiro atoms. The summed E-state index contributed by atoms with van der Waals surface area (Å²) in [5, 5.41) is 17.6. The Bertz CT molecular complexity index is 443. The molecule has 2 heterocycles. The number of aryl methyl sites for hydroxylation is 1. The highest BCUT2D eigenvalue weighted by Crippen LogP contribution is 2.23. The number of likely N-dealkylation sites (tertiary alicyclic amines) is 1. The van der Waals surface area contributed by atoms with Gasteiger partial charge in [0.1, 0.15) is 5.82 Å². The van der Waals surface area contributed by atoms with Crippen molar-refractivity contribution >= 4 is 17.7 Å². The van der Waals surface area contributed by atoms with Crippen LogP contribution < -0.4 is 0 Å². The predicted molar refractivity (Wildman–Crippen MR) is 73.5 cm³/mol. The molecule has 0 saturated carbocycles. The number of carbonyl (C=O) groups is 1. The van der Waals surface area contributed by atoms with Crippen molar-refractivity contribution in [2.75, 3.05) is 25.4 Å². The van der Waals surface area contributed by atoms with E-state index in [0.717, 1.165) is 25.5 Å². The first kappa shape index (κ1) is 14.3. The van der Waals surface area contributed by atoms with E-state index in [1.54, 1.807) is 0 Å². The zero-order chi connectivity index (χ0) is 13.8. The lowest BCUT2D eigenvalue weighted by Gasteiger charge is -2.22. The maximum atomic E-state index is 10.7. The van der Waals surface area contributed by atoms with Crippen molar-refractivity contribution in [3.63, 3.8) is 0 Å². The molecule has 1 N–H and O–H groups in total. The number of nitrogens with zero attached hydrogens (tertiary/aromatic N) is 4. The zero-order valence-corrected chi connectivity index (χ0v) is 12.2. The van der Waals surface area contributed by atoms with E-state index in [-0.39, 0.29) is 11.8 Å². The Hall–Kier alpha value is -1.08. The first-order valence-electron chi connectivity index (χ1n) is 6.56. The molecule has 19 heavy (non-hydrogen) atoms. The normalized spacial score (nSPS) is 17.8. The van der Waals surface area contributed by atoms with Crippen LogP contribution in [0.5, 0.6) is 0 Å². The highest BCUT2D eigenvalue weighted by atomic mass is 32.2. The number of hydrogen-bond donors (Lipinski definition) is 1. The Balaban J connectivity index is 2.04. The molecule has 0 amide bonds. The van der Waals surface area contributed by atoms with Crippen LogP contribution in [0.3, 0.4) is 0 Å². The minimum atomic E-state index is -0.829. The van der Waals surface area contributed by atoms with Crippen LogP contribution in [-0.4, -0.2) is 56.1 Å². The molecule has 7 heteroatoms. The Kier molecular flexibility index (Phi) is 4.81. The van der Waals surface area contributed by atoms with Gasteiger partial charge in [-0.3, -0.25) is 4.79 Å². The van der Waals surface area contributed by atoms with Gasteiger partial charge in [-0.2, -0.15) is 0 Å². The van der Waals surface area contributed by atoms with Gasteiger partial charge >= 0.3 is 5.97 Å². The van der Waals surface area contributed by atoms with Gasteiger partial charge in [0.2, 0.25) is 0 Å². The third-order valence-electron chi connectivity index (χ3n) is 3.32. The fraction of sp³-hybridized carbons (Fsp3) is 0.750. The molecule has 0 aliphatic carbocycles. The molecular weight excluding hydrogens is 264 g/mol. The number of aliphatic carboxylic acids is 1. The summed E-state index contributed by atoms with van der Waals surface area (Å²) in [7, 11) is 0. The fourth-order valence-corrected chi connectivity index (χ4v) is 3.30. The van der Waals surface area contributed by atoms with Crippen molar-refractivity contribution in [3.05, 3.63) is 5.82 Å². The van der Waals surface area contributed by atoms with E-state index >= 15 is 0 Å². The molecule has 106 valence electrons. The smallest absolute Gasteiger partial charge is 0.313 e. The first-order valence-corrected chi connectivity index (χ1v) is 7.55. The topological polar surface area (TPSA) is 71.2 Å². The predicted octanol–water partition coefficient (Wildman–Crippen LogP) is 1.42. The largest absolute Gasteiger partial charge is 0.481 e. The molecule has 2 rings (SSSR count). The Morgan fingerprint density at radius 1 is 1.42 bits per heavy atom. The summed E-state index contributed by atoms with van der Waals surface area (Å²) in [5.74, 6) is 0.0400. The fourth-order valence-electron chi connectivity index (χ4n) is 2.50. The van der Waals surface area contributed by atoms with Gasteiger partial charge in [0.15, 0.2) is 5.16 Å². The van der Waals surface area contributed by atoms with Crippen LogP contribution in [0.25, 0.3) is 0 Å². The highest BCUT2D eigenvalue weighted by molar-refractivity contribution is 7.99. The number of thioether (sulfide) groups is 1. The number of rotatable bonds is 6. The van der Waals surface area contributed by atoms with Crippen molar-refractivity contribution in [2.24, 2.45) is 0 Å². The van der Waals surface area contributed by atoms with Crippen LogP contribution >= 0.6 is 11.8 Å². The molecule has 1 aliphatic heterocycles. The van der Waals surface area contributed by atoms with E-state index in [2.05, 4.69) is 22.0 Å². The summed E-state index contributed by atoms with van der Waals surface area (Å²) in [6.45, 7) is 7.34. The van der Waals surface area contributed by atoms with Crippen LogP contribution in [0.15, 0.2) is 5.16 Å². The summed E-state index contributed by atoms with van der Waals surface area (Å²) in [4.78, 5) is 13.1. The zero-order valence-electron chi connectivity index (χ0n) is 11.4. The standard InChI is InChI=1S/C12H20N4O2S/c1-9(7-15-5-3-4-6-15)16-10(2)13-14-12(16)19-8-11(17)18/h9H,3-8H2,1-2H3,(H,17,18). The van der Waals surface area contributed by atoms with Gasteiger partial charge in [-0.1, -0.05) is 11.8 Å². The average Bonchev–Trinajstić information content (AvgIpc) is 2.96. The van der Waals surface area contributed by atoms with Gasteiger partial charge in [0, 0.05) is 12.6 Å². The van der Waals surface area contributed by atoms with Crippen molar-refractivity contribution in [2.45, 2.75) is 37.9 Å². The minimum absolute atomic E-state index is 0.0224. The van der Waals surface area contributed by atoms with Crippen molar-refractivity contribution in [1.29, 1.82) is 0 Å². The lowest BCUT2D eigenvalue weighted by Crippen LogP contribution is -2.28. The van der Waals surface area contributed by atoms with E-state index in [9.17, 15) is 4.79 Å². The van der Waals surface area contributed by atoms with E-state index in [0.29, 0.717) is 5.16 Å². The van der Waals surface area contributed by atoms with E-state index in [1.165, 1.54) is 24.6 Å². The highest BCUT2D eigenvalue weighted by Gasteiger charge is 2.20. The van der Waals surface area contributed by atoms with E-state index in [1.807, 2.05) is 11.5 Å². The molecule has 0 bridgehead atoms. The molecule has 0 radical (unpaired) electrons. The van der Waals surface area contributed by atoms with E-state index < -0.39 is 5.97 Å². The third kappa shape index (κ3) is 3.70. The maximum absolute atomic E-state index is 10.7. The summed E-state index contributed by atoms with van der Waals surface area (Å²) in [5.41, 5.74) is 0. The molecule has 1 aliphatic rings. The molecule has 0 aromatic carbocycles. The van der Waals surface area contributed by atoms with Crippen molar-refractivity contribution < 1.29 is 9.90 Å². The summed E-state index contributed by atoms with van der Waals surface area (Å²) < 4.78 is 2.05. The van der Waals surface area contributed by atoms with Gasteiger partial charge in [-0.15, -0.1) is 10.2 Å². The van der Waals surface area contributed by atoms with Crippen LogP contribution in [0.4, 0.5) is 0 Å². The molecule has 1 saturated heterocycles. The minimum Gasteiger partial charge on any atom is -0.481 e. The second-order valence-corrected chi connectivity index (χ2v) is 5.88. The number of aromatic nitrogens is 3. The molecule has 1 unspecified atom stereocenters. The second-order valence-electron chi connectivity index (χ2n) is 4.94. The average molecular weight is 284 g/mol. The van der Waals surface area contributed by atoms with Crippen molar-refractivity contribution in [1.82, 2.24) is 19.7 Å². The Labute approximate surface area is 117 Å². The van der Waals surface area contributed by atoms with Gasteiger partial charge < -0.3 is 14.6 Å². The number of carboxylic acids is 1. The number of hydrogen-bond acceptors (Lipinski definition) is 5. The van der Waals surface area contributed by atoms with Crippen molar-refractivity contribution in [3.8, 4) is 0 Å². The number of carboxylic acid groups (broad SMARTS) is 1. The first-order chi connectivity index (χ1) is 9.08. The SMILES string of the molecule is Cc1nnc(SCC(=O)O)n1C(C)CN1CCCC1. The lowest BCUT2D eigenvalue weighted by atomic mass is 10.3. The Morgan fingerprint density at radius 2 is 2.11 bits per heavy atom. The summed E-state index contributed by atoms with van der Waals surface area (Å²) in [6.07, 6.45) is 2.54. The monoisotopic (exact) mass is 284 g/mol. The molecular formula is C12H20N4O2S. The second kappa shape index (κ2) is 6.38. The third-order valence-corrected chi connectivity index (χ3v) is 4.25.